The number of aromatic hydroxyl groups is 1. The van der Waals surface area contributed by atoms with Gasteiger partial charge in [-0.2, -0.15) is 0 Å². The van der Waals surface area contributed by atoms with Gasteiger partial charge in [0.1, 0.15) is 43.3 Å². The molecule has 1 aliphatic carbocycles. The molecule has 1 saturated carbocycles. The predicted molar refractivity (Wildman–Crippen MR) is 384 cm³/mol. The van der Waals surface area contributed by atoms with Gasteiger partial charge in [0.15, 0.2) is 11.6 Å². The fourth-order valence-electron chi connectivity index (χ4n) is 13.4. The van der Waals surface area contributed by atoms with E-state index in [2.05, 4.69) is 20.9 Å². The number of fused-ring (bicyclic) bond motifs is 5. The number of phenolic OH excluding ortho intramolecular Hbond substituents is 1. The van der Waals surface area contributed by atoms with E-state index in [4.69, 9.17) is 62.8 Å². The van der Waals surface area contributed by atoms with Gasteiger partial charge >= 0.3 is 11.9 Å². The van der Waals surface area contributed by atoms with Crippen LogP contribution in [0.1, 0.15) is 124 Å². The summed E-state index contributed by atoms with van der Waals surface area (Å²) in [6, 6.07) is 13.4. The van der Waals surface area contributed by atoms with Gasteiger partial charge < -0.3 is 78.1 Å². The molecular formula is C76H101N9O21. The van der Waals surface area contributed by atoms with Crippen LogP contribution in [0.2, 0.25) is 0 Å². The number of cyclic esters (lactones) is 1. The number of imide groups is 1. The molecule has 576 valence electrons. The van der Waals surface area contributed by atoms with Crippen molar-refractivity contribution >= 4 is 63.7 Å². The average Bonchev–Trinajstić information content (AvgIpc) is 1.49. The van der Waals surface area contributed by atoms with E-state index in [1.165, 1.54) is 17.1 Å². The van der Waals surface area contributed by atoms with E-state index in [0.717, 1.165) is 29.4 Å². The van der Waals surface area contributed by atoms with Crippen LogP contribution in [0.15, 0.2) is 71.7 Å². The van der Waals surface area contributed by atoms with Gasteiger partial charge in [-0.25, -0.2) is 9.67 Å². The molecule has 9 rings (SSSR count). The Kier molecular flexibility index (Phi) is 32.8. The number of ether oxygens (including phenoxy) is 11. The molecule has 30 nitrogen and oxygen atoms in total. The maximum absolute atomic E-state index is 14.2. The summed E-state index contributed by atoms with van der Waals surface area (Å²) in [7, 11) is 0. The Balaban J connectivity index is 0.528. The Labute approximate surface area is 615 Å². The monoisotopic (exact) mass is 1480 g/mol. The number of ketones is 2. The number of unbranched alkanes of at least 4 members (excludes halogenated alkanes) is 1. The van der Waals surface area contributed by atoms with Gasteiger partial charge in [-0.05, 0) is 123 Å². The van der Waals surface area contributed by atoms with E-state index < -0.39 is 23.3 Å². The van der Waals surface area contributed by atoms with E-state index in [0.29, 0.717) is 215 Å². The molecule has 30 heteroatoms. The van der Waals surface area contributed by atoms with Crippen LogP contribution in [0.3, 0.4) is 0 Å². The molecule has 0 spiro atoms. The van der Waals surface area contributed by atoms with Crippen LogP contribution < -0.4 is 21.9 Å². The lowest BCUT2D eigenvalue weighted by Gasteiger charge is -2.35. The number of amides is 4. The minimum absolute atomic E-state index is 0.0257. The van der Waals surface area contributed by atoms with E-state index in [9.17, 15) is 48.3 Å². The molecule has 2 aromatic carbocycles. The largest absolute Gasteiger partial charge is 0.508 e. The second-order valence-electron chi connectivity index (χ2n) is 26.6. The highest BCUT2D eigenvalue weighted by molar-refractivity contribution is 6.13. The summed E-state index contributed by atoms with van der Waals surface area (Å²) in [5.41, 5.74) is 9.96. The number of carbonyl (C=O) groups excluding carboxylic acids is 8. The lowest BCUT2D eigenvalue weighted by Crippen LogP contribution is -2.46. The van der Waals surface area contributed by atoms with Gasteiger partial charge in [0.2, 0.25) is 11.8 Å². The zero-order valence-electron chi connectivity index (χ0n) is 60.8. The SMILES string of the molecule is CCc1c2c(nc3ccc(O)cc13)-c1cc3c(c(=O)n1C2)COC(=O)[C@@]3(CC)CC(=O)OCc1ccc(NC(=O)C(CCCCN)CC(=O)COCC(=O)CCCOCCOCCOCCOCCOCCOCCOCCOCCn2cc(CNC(=O)C3CCC(CN4C(=O)C=CC4=O)CC3)nn2)cc1. The highest BCUT2D eigenvalue weighted by atomic mass is 16.6. The van der Waals surface area contributed by atoms with Crippen LogP contribution in [0.5, 0.6) is 5.75 Å². The summed E-state index contributed by atoms with van der Waals surface area (Å²) in [4.78, 5) is 124. The maximum atomic E-state index is 14.2. The van der Waals surface area contributed by atoms with Crippen LogP contribution in [0.4, 0.5) is 5.69 Å². The van der Waals surface area contributed by atoms with Crippen LogP contribution >= 0.6 is 0 Å². The van der Waals surface area contributed by atoms with Crippen LogP contribution in [0, 0.1) is 17.8 Å². The number of nitrogens with zero attached hydrogens (tertiary/aromatic N) is 6. The van der Waals surface area contributed by atoms with Crippen molar-refractivity contribution in [1.29, 1.82) is 0 Å². The van der Waals surface area contributed by atoms with Crippen LogP contribution in [-0.2, 0) is 135 Å². The van der Waals surface area contributed by atoms with E-state index in [-0.39, 0.29) is 124 Å². The quantitative estimate of drug-likeness (QED) is 0.0213. The number of benzene rings is 2. The summed E-state index contributed by atoms with van der Waals surface area (Å²) >= 11 is 0. The van der Waals surface area contributed by atoms with Crippen molar-refractivity contribution in [3.05, 3.63) is 111 Å². The third-order valence-corrected chi connectivity index (χ3v) is 19.2. The molecule has 6 heterocycles. The zero-order valence-corrected chi connectivity index (χ0v) is 60.8. The molecule has 0 radical (unpaired) electrons. The first-order valence-electron chi connectivity index (χ1n) is 36.9. The Hall–Kier alpha value is -8.56. The Bertz CT molecular complexity index is 3830. The Morgan fingerprint density at radius 3 is 1.96 bits per heavy atom. The van der Waals surface area contributed by atoms with Gasteiger partial charge in [0.25, 0.3) is 17.4 Å². The third-order valence-electron chi connectivity index (χ3n) is 19.2. The Morgan fingerprint density at radius 2 is 1.34 bits per heavy atom. The number of carbonyl (C=O) groups is 8. The summed E-state index contributed by atoms with van der Waals surface area (Å²) in [6.07, 6.45) is 10.0. The third kappa shape index (κ3) is 24.0. The minimum atomic E-state index is -1.50. The number of aryl methyl sites for hydroxylation is 1. The summed E-state index contributed by atoms with van der Waals surface area (Å²) in [5, 5.41) is 25.2. The van der Waals surface area contributed by atoms with Gasteiger partial charge in [-0.1, -0.05) is 37.6 Å². The smallest absolute Gasteiger partial charge is 0.317 e. The fraction of sp³-hybridized carbons (Fsp3) is 0.579. The highest BCUT2D eigenvalue weighted by Crippen LogP contribution is 2.44. The molecule has 5 N–H and O–H groups in total. The van der Waals surface area contributed by atoms with E-state index in [1.807, 2.05) is 6.92 Å². The molecule has 3 aliphatic heterocycles. The molecule has 3 aromatic heterocycles. The number of nitrogens with two attached hydrogens (primary N) is 1. The molecule has 0 bridgehead atoms. The fourth-order valence-corrected chi connectivity index (χ4v) is 13.4. The first-order chi connectivity index (χ1) is 51.6. The molecule has 106 heavy (non-hydrogen) atoms. The average molecular weight is 1480 g/mol. The molecule has 4 aliphatic rings. The van der Waals surface area contributed by atoms with E-state index in [1.54, 1.807) is 70.9 Å². The van der Waals surface area contributed by atoms with Gasteiger partial charge in [-0.15, -0.1) is 5.10 Å². The van der Waals surface area contributed by atoms with Gasteiger partial charge in [0.05, 0.1) is 154 Å². The zero-order chi connectivity index (χ0) is 75.1. The predicted octanol–water partition coefficient (Wildman–Crippen LogP) is 5.31. The van der Waals surface area contributed by atoms with Crippen LogP contribution in [-0.4, -0.2) is 214 Å². The van der Waals surface area contributed by atoms with Crippen molar-refractivity contribution in [2.24, 2.45) is 23.5 Å². The standard InChI is InChI=1S/C76H101N9O21/c1-3-61-62-41-58(86)18-19-66(62)80-71-63(61)47-84-67(71)42-65-64(74(84)94)51-106-75(95)76(65,4-2)43-70(91)105-48-53-12-16-56(17-13-53)79-73(93)55(8-5-6-22-77)40-60(88)50-104-49-59(87)9-7-24-96-26-28-98-30-32-100-34-36-102-38-39-103-37-35-101-33-31-99-29-27-97-25-23-83-46-57(81-82-83)44-78-72(92)54-14-10-52(11-15-54)45-85-68(89)20-21-69(85)90/h12-13,16-21,41-42,46,52,54-55,86H,3-11,14-15,22-40,43-45,47-51,77H2,1-2H3,(H,78,92)(H,79,93)/t52?,54?,55?,76-/m0/s1. The number of aromatic nitrogens is 5. The van der Waals surface area contributed by atoms with E-state index >= 15 is 0 Å². The molecule has 1 fully saturated rings. The number of anilines is 1. The van der Waals surface area contributed by atoms with Gasteiger partial charge in [0, 0.05) is 66.6 Å². The summed E-state index contributed by atoms with van der Waals surface area (Å²) in [5.74, 6) is -3.21. The number of Topliss-reactive ketones (excluding diaryl/α,β-unsaturated/α-hetero) is 2. The Morgan fingerprint density at radius 1 is 0.717 bits per heavy atom. The summed E-state index contributed by atoms with van der Waals surface area (Å²) < 4.78 is 64.7. The van der Waals surface area contributed by atoms with Crippen LogP contribution in [0.25, 0.3) is 22.3 Å². The second-order valence-corrected chi connectivity index (χ2v) is 26.6. The first kappa shape index (κ1) is 81.5. The van der Waals surface area contributed by atoms with Crippen molar-refractivity contribution in [3.8, 4) is 17.1 Å². The number of esters is 2. The maximum Gasteiger partial charge on any atom is 0.317 e. The topological polar surface area (TPSA) is 377 Å². The lowest BCUT2D eigenvalue weighted by atomic mass is 9.72. The lowest BCUT2D eigenvalue weighted by molar-refractivity contribution is -0.161. The highest BCUT2D eigenvalue weighted by Gasteiger charge is 2.49. The van der Waals surface area contributed by atoms with Crippen molar-refractivity contribution in [3.63, 3.8) is 0 Å². The number of nitrogens with one attached hydrogen (secondary N) is 2. The molecular weight excluding hydrogens is 1370 g/mol. The second kappa shape index (κ2) is 42.7. The number of pyridine rings is 2. The number of phenols is 1. The van der Waals surface area contributed by atoms with Crippen molar-refractivity contribution in [2.75, 3.05) is 137 Å². The molecule has 4 amide bonds. The minimum Gasteiger partial charge on any atom is -0.508 e. The first-order valence-corrected chi connectivity index (χ1v) is 36.9. The molecule has 1 unspecified atom stereocenters. The molecule has 2 atom stereocenters. The number of hydrogen-bond acceptors (Lipinski definition) is 25. The normalized spacial score (nSPS) is 17.0. The number of rotatable bonds is 51. The molecule has 0 saturated heterocycles. The van der Waals surface area contributed by atoms with Crippen molar-refractivity contribution in [1.82, 2.24) is 34.8 Å². The summed E-state index contributed by atoms with van der Waals surface area (Å²) in [6.45, 7) is 11.1. The molecule has 5 aromatic rings. The number of hydrogen-bond donors (Lipinski definition) is 4. The van der Waals surface area contributed by atoms with Crippen molar-refractivity contribution in [2.45, 2.75) is 136 Å². The van der Waals surface area contributed by atoms with Crippen molar-refractivity contribution < 1.29 is 95.6 Å². The van der Waals surface area contributed by atoms with Gasteiger partial charge in [-0.3, -0.25) is 48.1 Å².